The van der Waals surface area contributed by atoms with E-state index in [1.54, 1.807) is 84.9 Å². The molecule has 0 aliphatic rings. The van der Waals surface area contributed by atoms with E-state index in [0.717, 1.165) is 10.6 Å². The summed E-state index contributed by atoms with van der Waals surface area (Å²) in [5, 5.41) is 3.07. The average Bonchev–Trinajstić information content (AvgIpc) is 2.89. The van der Waals surface area contributed by atoms with Gasteiger partial charge in [0.2, 0.25) is 15.9 Å². The molecule has 38 heavy (non-hydrogen) atoms. The molecule has 0 heterocycles. The van der Waals surface area contributed by atoms with E-state index >= 15 is 0 Å². The fourth-order valence-corrected chi connectivity index (χ4v) is 4.61. The fourth-order valence-electron chi connectivity index (χ4n) is 3.58. The van der Waals surface area contributed by atoms with Gasteiger partial charge in [-0.2, -0.15) is 0 Å². The maximum atomic E-state index is 13.2. The minimum Gasteiger partial charge on any atom is -0.493 e. The molecular formula is C28H25ClN2O6S. The second kappa shape index (κ2) is 11.9. The Morgan fingerprint density at radius 3 is 2.13 bits per heavy atom. The van der Waals surface area contributed by atoms with Gasteiger partial charge in [-0.05, 0) is 54.6 Å². The lowest BCUT2D eigenvalue weighted by molar-refractivity contribution is -0.114. The van der Waals surface area contributed by atoms with Crippen molar-refractivity contribution in [2.45, 2.75) is 0 Å². The predicted molar refractivity (Wildman–Crippen MR) is 148 cm³/mol. The van der Waals surface area contributed by atoms with Crippen LogP contribution >= 0.6 is 11.6 Å². The normalized spacial score (nSPS) is 10.9. The number of hydrogen-bond acceptors (Lipinski definition) is 6. The summed E-state index contributed by atoms with van der Waals surface area (Å²) in [6, 6.07) is 27.3. The number of carbonyl (C=O) groups excluding carboxylic acids is 1. The quantitative estimate of drug-likeness (QED) is 0.247. The molecular weight excluding hydrogens is 528 g/mol. The number of amides is 1. The number of carbonyl (C=O) groups is 1. The molecule has 1 N–H and O–H groups in total. The van der Waals surface area contributed by atoms with Gasteiger partial charge < -0.3 is 19.5 Å². The Morgan fingerprint density at radius 2 is 1.45 bits per heavy atom. The van der Waals surface area contributed by atoms with Crippen LogP contribution in [0.4, 0.5) is 11.4 Å². The number of nitrogens with zero attached hydrogens (tertiary/aromatic N) is 1. The van der Waals surface area contributed by atoms with E-state index in [1.807, 2.05) is 6.07 Å². The number of sulfonamides is 1. The maximum absolute atomic E-state index is 13.2. The molecule has 8 nitrogen and oxygen atoms in total. The summed E-state index contributed by atoms with van der Waals surface area (Å²) >= 11 is 6.18. The van der Waals surface area contributed by atoms with E-state index in [-0.39, 0.29) is 17.1 Å². The Kier molecular flexibility index (Phi) is 8.40. The molecule has 0 fully saturated rings. The number of anilines is 2. The van der Waals surface area contributed by atoms with Gasteiger partial charge in [-0.25, -0.2) is 8.42 Å². The summed E-state index contributed by atoms with van der Waals surface area (Å²) < 4.78 is 43.8. The Morgan fingerprint density at radius 1 is 0.816 bits per heavy atom. The summed E-state index contributed by atoms with van der Waals surface area (Å²) in [7, 11) is -2.36. The van der Waals surface area contributed by atoms with Crippen molar-refractivity contribution in [1.82, 2.24) is 0 Å². The second-order valence-corrected chi connectivity index (χ2v) is 10.4. The van der Waals surface area contributed by atoms with E-state index in [1.165, 1.54) is 13.2 Å². The predicted octanol–water partition coefficient (Wildman–Crippen LogP) is 6.34. The Hall–Kier alpha value is -4.21. The van der Waals surface area contributed by atoms with Gasteiger partial charge >= 0.3 is 0 Å². The van der Waals surface area contributed by atoms with Gasteiger partial charge in [-0.3, -0.25) is 9.10 Å². The first-order valence-electron chi connectivity index (χ1n) is 11.4. The zero-order chi connectivity index (χ0) is 27.1. The summed E-state index contributed by atoms with van der Waals surface area (Å²) in [6.07, 6.45) is 1.02. The highest BCUT2D eigenvalue weighted by Crippen LogP contribution is 2.37. The van der Waals surface area contributed by atoms with Gasteiger partial charge in [-0.15, -0.1) is 0 Å². The van der Waals surface area contributed by atoms with Gasteiger partial charge in [-0.1, -0.05) is 54.1 Å². The number of methoxy groups -OCH3 is 1. The van der Waals surface area contributed by atoms with Crippen LogP contribution in [0.25, 0.3) is 0 Å². The first kappa shape index (κ1) is 26.8. The minimum absolute atomic E-state index is 0.214. The van der Waals surface area contributed by atoms with Crippen molar-refractivity contribution in [1.29, 1.82) is 0 Å². The van der Waals surface area contributed by atoms with Gasteiger partial charge in [0.1, 0.15) is 12.3 Å². The SMILES string of the molecule is COc1ccccc1Oc1ccc(Cl)cc1NC(=O)CN(c1ccccc1Oc1ccccc1)S(C)(=O)=O. The largest absolute Gasteiger partial charge is 0.493 e. The molecule has 4 aromatic rings. The highest BCUT2D eigenvalue weighted by molar-refractivity contribution is 7.92. The van der Waals surface area contributed by atoms with Crippen molar-refractivity contribution >= 4 is 38.9 Å². The molecule has 0 saturated carbocycles. The third-order valence-electron chi connectivity index (χ3n) is 5.30. The van der Waals surface area contributed by atoms with Crippen LogP contribution in [0.15, 0.2) is 97.1 Å². The highest BCUT2D eigenvalue weighted by Gasteiger charge is 2.25. The zero-order valence-electron chi connectivity index (χ0n) is 20.6. The smallest absolute Gasteiger partial charge is 0.245 e. The molecule has 0 spiro atoms. The lowest BCUT2D eigenvalue weighted by Gasteiger charge is -2.24. The number of halogens is 1. The third kappa shape index (κ3) is 6.76. The highest BCUT2D eigenvalue weighted by atomic mass is 35.5. The fraction of sp³-hybridized carbons (Fsp3) is 0.107. The minimum atomic E-state index is -3.88. The summed E-state index contributed by atoms with van der Waals surface area (Å²) in [4.78, 5) is 13.2. The number of benzene rings is 4. The Bertz CT molecular complexity index is 1530. The van der Waals surface area contributed by atoms with E-state index in [2.05, 4.69) is 5.32 Å². The average molecular weight is 553 g/mol. The van der Waals surface area contributed by atoms with Gasteiger partial charge in [0.05, 0.1) is 24.7 Å². The van der Waals surface area contributed by atoms with E-state index in [9.17, 15) is 13.2 Å². The molecule has 4 aromatic carbocycles. The molecule has 0 bridgehead atoms. The number of para-hydroxylation sites is 5. The first-order chi connectivity index (χ1) is 18.2. The molecule has 0 atom stereocenters. The number of rotatable bonds is 10. The van der Waals surface area contributed by atoms with Gasteiger partial charge in [0, 0.05) is 5.02 Å². The number of ether oxygens (including phenoxy) is 3. The summed E-state index contributed by atoms with van der Waals surface area (Å²) in [5.74, 6) is 1.41. The number of nitrogens with one attached hydrogen (secondary N) is 1. The van der Waals surface area contributed by atoms with Crippen LogP contribution < -0.4 is 23.8 Å². The van der Waals surface area contributed by atoms with Crippen LogP contribution in [-0.2, 0) is 14.8 Å². The van der Waals surface area contributed by atoms with Crippen LogP contribution in [0.2, 0.25) is 5.02 Å². The van der Waals surface area contributed by atoms with Gasteiger partial charge in [0.15, 0.2) is 23.0 Å². The summed E-state index contributed by atoms with van der Waals surface area (Å²) in [5.41, 5.74) is 0.473. The molecule has 10 heteroatoms. The molecule has 4 rings (SSSR count). The van der Waals surface area contributed by atoms with Crippen molar-refractivity contribution in [2.24, 2.45) is 0 Å². The molecule has 196 valence electrons. The van der Waals surface area contributed by atoms with Crippen LogP contribution in [0.5, 0.6) is 28.7 Å². The third-order valence-corrected chi connectivity index (χ3v) is 6.66. The van der Waals surface area contributed by atoms with Crippen LogP contribution in [0.1, 0.15) is 0 Å². The molecule has 0 saturated heterocycles. The maximum Gasteiger partial charge on any atom is 0.245 e. The zero-order valence-corrected chi connectivity index (χ0v) is 22.2. The van der Waals surface area contributed by atoms with Crippen LogP contribution in [0, 0.1) is 0 Å². The lowest BCUT2D eigenvalue weighted by atomic mass is 10.2. The Labute approximate surface area is 226 Å². The first-order valence-corrected chi connectivity index (χ1v) is 13.7. The second-order valence-electron chi connectivity index (χ2n) is 8.09. The van der Waals surface area contributed by atoms with Gasteiger partial charge in [0.25, 0.3) is 0 Å². The Balaban J connectivity index is 1.60. The van der Waals surface area contributed by atoms with E-state index in [0.29, 0.717) is 28.0 Å². The van der Waals surface area contributed by atoms with Crippen molar-refractivity contribution in [3.05, 3.63) is 102 Å². The van der Waals surface area contributed by atoms with Crippen LogP contribution in [0.3, 0.4) is 0 Å². The monoisotopic (exact) mass is 552 g/mol. The molecule has 0 aromatic heterocycles. The molecule has 0 aliphatic carbocycles. The molecule has 0 radical (unpaired) electrons. The lowest BCUT2D eigenvalue weighted by Crippen LogP contribution is -2.37. The van der Waals surface area contributed by atoms with Crippen molar-refractivity contribution in [3.63, 3.8) is 0 Å². The number of hydrogen-bond donors (Lipinski definition) is 1. The topological polar surface area (TPSA) is 94.2 Å². The van der Waals surface area contributed by atoms with Crippen molar-refractivity contribution in [2.75, 3.05) is 29.5 Å². The van der Waals surface area contributed by atoms with Crippen LogP contribution in [-0.4, -0.2) is 34.2 Å². The summed E-state index contributed by atoms with van der Waals surface area (Å²) in [6.45, 7) is -0.519. The van der Waals surface area contributed by atoms with E-state index in [4.69, 9.17) is 25.8 Å². The molecule has 0 aliphatic heterocycles. The standard InChI is InChI=1S/C28H25ClN2O6S/c1-35-26-14-8-9-15-27(26)37-24-17-16-20(29)18-22(24)30-28(32)19-31(38(2,33)34)23-12-6-7-13-25(23)36-21-10-4-3-5-11-21/h3-18H,19H2,1-2H3,(H,30,32). The van der Waals surface area contributed by atoms with Crippen molar-refractivity contribution in [3.8, 4) is 28.7 Å². The van der Waals surface area contributed by atoms with Crippen molar-refractivity contribution < 1.29 is 27.4 Å². The molecule has 0 unspecified atom stereocenters. The van der Waals surface area contributed by atoms with E-state index < -0.39 is 22.5 Å². The molecule has 1 amide bonds.